The molecule has 2 saturated heterocycles. The smallest absolute Gasteiger partial charge is 0.0764 e. The molecular weight excluding hydrogens is 344 g/mol. The molecule has 2 aromatic carbocycles. The van der Waals surface area contributed by atoms with Gasteiger partial charge in [-0.15, -0.1) is 12.4 Å². The number of aryl methyl sites for hydroxylation is 1. The van der Waals surface area contributed by atoms with Gasteiger partial charge in [0, 0.05) is 37.3 Å². The Kier molecular flexibility index (Phi) is 4.63. The van der Waals surface area contributed by atoms with Gasteiger partial charge >= 0.3 is 0 Å². The van der Waals surface area contributed by atoms with Gasteiger partial charge in [0.1, 0.15) is 0 Å². The predicted molar refractivity (Wildman–Crippen MR) is 110 cm³/mol. The highest BCUT2D eigenvalue weighted by Crippen LogP contribution is 2.33. The Balaban J connectivity index is 0.00000168. The molecule has 4 nitrogen and oxygen atoms in total. The second-order valence-corrected chi connectivity index (χ2v) is 7.33. The molecular formula is C21H25ClN4. The monoisotopic (exact) mass is 368 g/mol. The normalized spacial score (nSPS) is 21.8. The van der Waals surface area contributed by atoms with Crippen molar-refractivity contribution in [1.29, 1.82) is 0 Å². The number of rotatable bonds is 3. The zero-order chi connectivity index (χ0) is 16.8. The van der Waals surface area contributed by atoms with Gasteiger partial charge in [-0.1, -0.05) is 25.1 Å². The first-order valence-corrected chi connectivity index (χ1v) is 9.36. The molecule has 1 N–H and O–H groups in total. The first kappa shape index (κ1) is 17.4. The van der Waals surface area contributed by atoms with E-state index in [2.05, 4.69) is 70.4 Å². The Morgan fingerprint density at radius 1 is 1.00 bits per heavy atom. The molecule has 2 aliphatic heterocycles. The molecule has 2 fully saturated rings. The van der Waals surface area contributed by atoms with Gasteiger partial charge < -0.3 is 10.2 Å². The molecule has 5 heteroatoms. The van der Waals surface area contributed by atoms with Crippen molar-refractivity contribution in [2.45, 2.75) is 13.3 Å². The first-order valence-electron chi connectivity index (χ1n) is 9.36. The first-order chi connectivity index (χ1) is 12.3. The standard InChI is InChI=1S/C21H24N4.ClH/c1-2-20-19-9-8-18(24-13-15-11-22-12-16(15)14-24)10-21(19)25(23-20)17-6-4-3-5-7-17;/h3-10,15-16,22H,2,11-14H2,1H3;1H. The highest BCUT2D eigenvalue weighted by atomic mass is 35.5. The molecule has 0 bridgehead atoms. The summed E-state index contributed by atoms with van der Waals surface area (Å²) in [5, 5.41) is 9.69. The maximum Gasteiger partial charge on any atom is 0.0764 e. The van der Waals surface area contributed by atoms with Crippen molar-refractivity contribution in [3.63, 3.8) is 0 Å². The summed E-state index contributed by atoms with van der Waals surface area (Å²) in [6.45, 7) is 6.86. The van der Waals surface area contributed by atoms with Crippen molar-refractivity contribution >= 4 is 29.0 Å². The molecule has 3 heterocycles. The molecule has 0 amide bonds. The molecule has 2 aliphatic rings. The number of aromatic nitrogens is 2. The molecule has 0 saturated carbocycles. The second-order valence-electron chi connectivity index (χ2n) is 7.33. The van der Waals surface area contributed by atoms with Gasteiger partial charge in [0.15, 0.2) is 0 Å². The van der Waals surface area contributed by atoms with Crippen LogP contribution in [0.15, 0.2) is 48.5 Å². The van der Waals surface area contributed by atoms with Crippen LogP contribution in [0.25, 0.3) is 16.6 Å². The van der Waals surface area contributed by atoms with E-state index < -0.39 is 0 Å². The summed E-state index contributed by atoms with van der Waals surface area (Å²) in [4.78, 5) is 2.56. The summed E-state index contributed by atoms with van der Waals surface area (Å²) in [5.41, 5.74) is 4.86. The van der Waals surface area contributed by atoms with Crippen LogP contribution in [0.3, 0.4) is 0 Å². The number of hydrogen-bond donors (Lipinski definition) is 1. The Bertz CT molecular complexity index is 893. The molecule has 2 atom stereocenters. The number of hydrogen-bond acceptors (Lipinski definition) is 3. The summed E-state index contributed by atoms with van der Waals surface area (Å²) in [6.07, 6.45) is 0.954. The van der Waals surface area contributed by atoms with E-state index in [4.69, 9.17) is 5.10 Å². The van der Waals surface area contributed by atoms with E-state index in [-0.39, 0.29) is 12.4 Å². The highest BCUT2D eigenvalue weighted by Gasteiger charge is 2.36. The lowest BCUT2D eigenvalue weighted by Gasteiger charge is -2.20. The molecule has 1 aromatic heterocycles. The fourth-order valence-corrected chi connectivity index (χ4v) is 4.46. The zero-order valence-electron chi connectivity index (χ0n) is 15.1. The molecule has 0 aliphatic carbocycles. The number of halogens is 1. The Morgan fingerprint density at radius 2 is 1.73 bits per heavy atom. The largest absolute Gasteiger partial charge is 0.371 e. The molecule has 136 valence electrons. The number of anilines is 1. The Morgan fingerprint density at radius 3 is 2.42 bits per heavy atom. The molecule has 0 spiro atoms. The van der Waals surface area contributed by atoms with Crippen molar-refractivity contribution in [3.05, 3.63) is 54.2 Å². The Labute approximate surface area is 160 Å². The van der Waals surface area contributed by atoms with Crippen LogP contribution in [-0.4, -0.2) is 36.0 Å². The fourth-order valence-electron chi connectivity index (χ4n) is 4.46. The van der Waals surface area contributed by atoms with Crippen molar-refractivity contribution in [2.24, 2.45) is 11.8 Å². The van der Waals surface area contributed by atoms with E-state index in [0.29, 0.717) is 0 Å². The molecule has 3 aromatic rings. The summed E-state index contributed by atoms with van der Waals surface area (Å²) >= 11 is 0. The Hall–Kier alpha value is -2.04. The third-order valence-electron chi connectivity index (χ3n) is 5.83. The van der Waals surface area contributed by atoms with Gasteiger partial charge in [-0.25, -0.2) is 4.68 Å². The van der Waals surface area contributed by atoms with E-state index in [1.807, 2.05) is 0 Å². The SMILES string of the molecule is CCc1nn(-c2ccccc2)c2cc(N3CC4CNCC4C3)ccc12.Cl. The van der Waals surface area contributed by atoms with Crippen LogP contribution in [0.5, 0.6) is 0 Å². The minimum absolute atomic E-state index is 0. The van der Waals surface area contributed by atoms with Crippen LogP contribution in [0, 0.1) is 11.8 Å². The average molecular weight is 369 g/mol. The average Bonchev–Trinajstić information content (AvgIpc) is 3.34. The van der Waals surface area contributed by atoms with Crippen LogP contribution in [0.1, 0.15) is 12.6 Å². The summed E-state index contributed by atoms with van der Waals surface area (Å²) in [6, 6.07) is 17.4. The van der Waals surface area contributed by atoms with Crippen LogP contribution >= 0.6 is 12.4 Å². The highest BCUT2D eigenvalue weighted by molar-refractivity contribution is 5.87. The third-order valence-corrected chi connectivity index (χ3v) is 5.83. The van der Waals surface area contributed by atoms with Gasteiger partial charge in [0.05, 0.1) is 16.9 Å². The molecule has 2 unspecified atom stereocenters. The lowest BCUT2D eigenvalue weighted by molar-refractivity contribution is 0.533. The minimum atomic E-state index is 0. The summed E-state index contributed by atoms with van der Waals surface area (Å²) in [5.74, 6) is 1.61. The van der Waals surface area contributed by atoms with E-state index in [1.165, 1.54) is 48.5 Å². The van der Waals surface area contributed by atoms with Crippen molar-refractivity contribution in [3.8, 4) is 5.69 Å². The lowest BCUT2D eigenvalue weighted by atomic mass is 10.0. The van der Waals surface area contributed by atoms with Crippen molar-refractivity contribution in [2.75, 3.05) is 31.1 Å². The quantitative estimate of drug-likeness (QED) is 0.765. The summed E-state index contributed by atoms with van der Waals surface area (Å²) < 4.78 is 2.11. The third kappa shape index (κ3) is 2.78. The van der Waals surface area contributed by atoms with Crippen LogP contribution < -0.4 is 10.2 Å². The number of para-hydroxylation sites is 1. The maximum absolute atomic E-state index is 4.89. The minimum Gasteiger partial charge on any atom is -0.371 e. The van der Waals surface area contributed by atoms with Crippen LogP contribution in [0.4, 0.5) is 5.69 Å². The molecule has 5 rings (SSSR count). The van der Waals surface area contributed by atoms with E-state index in [0.717, 1.165) is 23.9 Å². The number of nitrogens with one attached hydrogen (secondary N) is 1. The number of nitrogens with zero attached hydrogens (tertiary/aromatic N) is 3. The topological polar surface area (TPSA) is 33.1 Å². The van der Waals surface area contributed by atoms with Gasteiger partial charge in [-0.2, -0.15) is 5.10 Å². The van der Waals surface area contributed by atoms with Gasteiger partial charge in [0.2, 0.25) is 0 Å². The molecule has 0 radical (unpaired) electrons. The second kappa shape index (κ2) is 6.93. The number of fused-ring (bicyclic) bond motifs is 2. The number of benzene rings is 2. The van der Waals surface area contributed by atoms with Gasteiger partial charge in [0.25, 0.3) is 0 Å². The maximum atomic E-state index is 4.89. The predicted octanol–water partition coefficient (Wildman–Crippen LogP) is 3.67. The van der Waals surface area contributed by atoms with E-state index >= 15 is 0 Å². The van der Waals surface area contributed by atoms with Crippen molar-refractivity contribution < 1.29 is 0 Å². The zero-order valence-corrected chi connectivity index (χ0v) is 15.9. The van der Waals surface area contributed by atoms with Gasteiger partial charge in [-0.05, 0) is 48.6 Å². The lowest BCUT2D eigenvalue weighted by Crippen LogP contribution is -2.25. The van der Waals surface area contributed by atoms with E-state index in [1.54, 1.807) is 0 Å². The molecule has 26 heavy (non-hydrogen) atoms. The fraction of sp³-hybridized carbons (Fsp3) is 0.381. The van der Waals surface area contributed by atoms with Gasteiger partial charge in [-0.3, -0.25) is 0 Å². The van der Waals surface area contributed by atoms with Crippen LogP contribution in [-0.2, 0) is 6.42 Å². The van der Waals surface area contributed by atoms with E-state index in [9.17, 15) is 0 Å². The summed E-state index contributed by atoms with van der Waals surface area (Å²) in [7, 11) is 0. The van der Waals surface area contributed by atoms with Crippen molar-refractivity contribution in [1.82, 2.24) is 15.1 Å². The van der Waals surface area contributed by atoms with Crippen LogP contribution in [0.2, 0.25) is 0 Å².